The van der Waals surface area contributed by atoms with Crippen molar-refractivity contribution in [3.05, 3.63) is 15.5 Å². The van der Waals surface area contributed by atoms with Crippen LogP contribution in [0.2, 0.25) is 4.47 Å². The standard InChI is InChI=1S/C6H9ClN2S/c7-6-9-4-5(10-6)2-1-3-8/h4H,1-3,8H2. The van der Waals surface area contributed by atoms with Gasteiger partial charge in [-0.05, 0) is 19.4 Å². The minimum atomic E-state index is 0.618. The van der Waals surface area contributed by atoms with Gasteiger partial charge in [0, 0.05) is 11.1 Å². The van der Waals surface area contributed by atoms with Crippen molar-refractivity contribution in [2.75, 3.05) is 6.54 Å². The molecule has 0 unspecified atom stereocenters. The Bertz CT molecular complexity index is 199. The Kier molecular flexibility index (Phi) is 3.12. The maximum atomic E-state index is 5.62. The zero-order chi connectivity index (χ0) is 7.40. The van der Waals surface area contributed by atoms with Crippen LogP contribution < -0.4 is 5.73 Å². The van der Waals surface area contributed by atoms with E-state index >= 15 is 0 Å². The first-order valence-electron chi connectivity index (χ1n) is 3.13. The molecule has 1 aromatic heterocycles. The highest BCUT2D eigenvalue weighted by molar-refractivity contribution is 7.15. The van der Waals surface area contributed by atoms with Gasteiger partial charge in [0.1, 0.15) is 0 Å². The summed E-state index contributed by atoms with van der Waals surface area (Å²) < 4.78 is 0.618. The fraction of sp³-hybridized carbons (Fsp3) is 0.500. The highest BCUT2D eigenvalue weighted by Crippen LogP contribution is 2.18. The molecular formula is C6H9ClN2S. The zero-order valence-corrected chi connectivity index (χ0v) is 7.08. The van der Waals surface area contributed by atoms with Crippen LogP contribution >= 0.6 is 22.9 Å². The van der Waals surface area contributed by atoms with Crippen LogP contribution in [0, 0.1) is 0 Å². The first-order chi connectivity index (χ1) is 4.83. The van der Waals surface area contributed by atoms with Crippen LogP contribution in [0.3, 0.4) is 0 Å². The van der Waals surface area contributed by atoms with Crippen molar-refractivity contribution >= 4 is 22.9 Å². The van der Waals surface area contributed by atoms with Crippen molar-refractivity contribution in [1.29, 1.82) is 0 Å². The van der Waals surface area contributed by atoms with Gasteiger partial charge in [0.2, 0.25) is 0 Å². The number of nitrogens with two attached hydrogens (primary N) is 1. The molecule has 56 valence electrons. The Morgan fingerprint density at radius 2 is 2.50 bits per heavy atom. The summed E-state index contributed by atoms with van der Waals surface area (Å²) in [6, 6.07) is 0. The molecule has 0 amide bonds. The molecule has 0 aromatic carbocycles. The van der Waals surface area contributed by atoms with Crippen LogP contribution in [0.15, 0.2) is 6.20 Å². The third-order valence-electron chi connectivity index (χ3n) is 1.15. The molecule has 2 nitrogen and oxygen atoms in total. The summed E-state index contributed by atoms with van der Waals surface area (Å²) in [7, 11) is 0. The predicted molar refractivity (Wildman–Crippen MR) is 44.5 cm³/mol. The molecule has 1 rings (SSSR count). The first-order valence-corrected chi connectivity index (χ1v) is 4.32. The lowest BCUT2D eigenvalue weighted by Gasteiger charge is -1.89. The molecule has 0 bridgehead atoms. The molecule has 1 aromatic rings. The van der Waals surface area contributed by atoms with Gasteiger partial charge in [0.15, 0.2) is 4.47 Å². The van der Waals surface area contributed by atoms with E-state index in [2.05, 4.69) is 4.98 Å². The maximum absolute atomic E-state index is 5.62. The number of thiazole rings is 1. The Labute approximate surface area is 69.0 Å². The van der Waals surface area contributed by atoms with Crippen molar-refractivity contribution in [3.8, 4) is 0 Å². The maximum Gasteiger partial charge on any atom is 0.183 e. The van der Waals surface area contributed by atoms with E-state index in [1.807, 2.05) is 6.20 Å². The van der Waals surface area contributed by atoms with Gasteiger partial charge in [-0.25, -0.2) is 4.98 Å². The number of hydrogen-bond donors (Lipinski definition) is 1. The van der Waals surface area contributed by atoms with Crippen LogP contribution in [-0.4, -0.2) is 11.5 Å². The molecule has 0 saturated heterocycles. The van der Waals surface area contributed by atoms with E-state index in [0.29, 0.717) is 4.47 Å². The van der Waals surface area contributed by atoms with E-state index in [0.717, 1.165) is 19.4 Å². The van der Waals surface area contributed by atoms with E-state index in [1.54, 1.807) is 0 Å². The van der Waals surface area contributed by atoms with Gasteiger partial charge in [0.05, 0.1) is 0 Å². The quantitative estimate of drug-likeness (QED) is 0.762. The van der Waals surface area contributed by atoms with Crippen molar-refractivity contribution in [3.63, 3.8) is 0 Å². The number of nitrogens with zero attached hydrogens (tertiary/aromatic N) is 1. The summed E-state index contributed by atoms with van der Waals surface area (Å²) >= 11 is 7.14. The minimum Gasteiger partial charge on any atom is -0.330 e. The summed E-state index contributed by atoms with van der Waals surface area (Å²) in [4.78, 5) is 5.13. The molecule has 0 aliphatic heterocycles. The highest BCUT2D eigenvalue weighted by atomic mass is 35.5. The largest absolute Gasteiger partial charge is 0.330 e. The number of rotatable bonds is 3. The molecule has 0 fully saturated rings. The normalized spacial score (nSPS) is 10.2. The van der Waals surface area contributed by atoms with Crippen molar-refractivity contribution < 1.29 is 0 Å². The molecular weight excluding hydrogens is 168 g/mol. The van der Waals surface area contributed by atoms with Gasteiger partial charge < -0.3 is 5.73 Å². The molecule has 10 heavy (non-hydrogen) atoms. The summed E-state index contributed by atoms with van der Waals surface area (Å²) in [5.41, 5.74) is 5.33. The minimum absolute atomic E-state index is 0.618. The van der Waals surface area contributed by atoms with Gasteiger partial charge in [-0.1, -0.05) is 11.6 Å². The van der Waals surface area contributed by atoms with Crippen LogP contribution in [0.1, 0.15) is 11.3 Å². The van der Waals surface area contributed by atoms with E-state index < -0.39 is 0 Å². The summed E-state index contributed by atoms with van der Waals surface area (Å²) in [5.74, 6) is 0. The van der Waals surface area contributed by atoms with Crippen molar-refractivity contribution in [1.82, 2.24) is 4.98 Å². The predicted octanol–water partition coefficient (Wildman–Crippen LogP) is 1.69. The Balaban J connectivity index is 2.42. The second kappa shape index (κ2) is 3.91. The Morgan fingerprint density at radius 1 is 1.70 bits per heavy atom. The Hall–Kier alpha value is -0.120. The van der Waals surface area contributed by atoms with Gasteiger partial charge in [-0.3, -0.25) is 0 Å². The first kappa shape index (κ1) is 7.98. The van der Waals surface area contributed by atoms with Crippen molar-refractivity contribution in [2.45, 2.75) is 12.8 Å². The molecule has 0 atom stereocenters. The van der Waals surface area contributed by atoms with Crippen LogP contribution in [0.5, 0.6) is 0 Å². The van der Waals surface area contributed by atoms with Crippen LogP contribution in [0.4, 0.5) is 0 Å². The molecule has 0 saturated carbocycles. The van der Waals surface area contributed by atoms with E-state index in [4.69, 9.17) is 17.3 Å². The molecule has 4 heteroatoms. The number of aryl methyl sites for hydroxylation is 1. The molecule has 0 spiro atoms. The zero-order valence-electron chi connectivity index (χ0n) is 5.51. The van der Waals surface area contributed by atoms with Gasteiger partial charge in [0.25, 0.3) is 0 Å². The SMILES string of the molecule is NCCCc1cnc(Cl)s1. The molecule has 2 N–H and O–H groups in total. The third kappa shape index (κ3) is 2.25. The fourth-order valence-electron chi connectivity index (χ4n) is 0.676. The van der Waals surface area contributed by atoms with Crippen LogP contribution in [-0.2, 0) is 6.42 Å². The van der Waals surface area contributed by atoms with Gasteiger partial charge >= 0.3 is 0 Å². The molecule has 1 heterocycles. The lowest BCUT2D eigenvalue weighted by Crippen LogP contribution is -1.99. The monoisotopic (exact) mass is 176 g/mol. The molecule has 0 aliphatic carbocycles. The molecule has 0 aliphatic rings. The number of hydrogen-bond acceptors (Lipinski definition) is 3. The van der Waals surface area contributed by atoms with E-state index in [9.17, 15) is 0 Å². The fourth-order valence-corrected chi connectivity index (χ4v) is 1.70. The van der Waals surface area contributed by atoms with Crippen molar-refractivity contribution in [2.24, 2.45) is 5.73 Å². The summed E-state index contributed by atoms with van der Waals surface area (Å²) in [6.45, 7) is 0.732. The lowest BCUT2D eigenvalue weighted by atomic mass is 10.3. The topological polar surface area (TPSA) is 38.9 Å². The van der Waals surface area contributed by atoms with E-state index in [1.165, 1.54) is 16.2 Å². The van der Waals surface area contributed by atoms with Crippen LogP contribution in [0.25, 0.3) is 0 Å². The second-order valence-corrected chi connectivity index (χ2v) is 3.67. The third-order valence-corrected chi connectivity index (χ3v) is 2.33. The lowest BCUT2D eigenvalue weighted by molar-refractivity contribution is 0.841. The Morgan fingerprint density at radius 3 is 3.00 bits per heavy atom. The average Bonchev–Trinajstić information content (AvgIpc) is 2.31. The highest BCUT2D eigenvalue weighted by Gasteiger charge is 1.96. The second-order valence-electron chi connectivity index (χ2n) is 1.97. The van der Waals surface area contributed by atoms with E-state index in [-0.39, 0.29) is 0 Å². The summed E-state index contributed by atoms with van der Waals surface area (Å²) in [5, 5.41) is 0. The summed E-state index contributed by atoms with van der Waals surface area (Å²) in [6.07, 6.45) is 3.82. The molecule has 0 radical (unpaired) electrons. The van der Waals surface area contributed by atoms with Gasteiger partial charge in [-0.15, -0.1) is 11.3 Å². The van der Waals surface area contributed by atoms with Gasteiger partial charge in [-0.2, -0.15) is 0 Å². The average molecular weight is 177 g/mol. The number of aromatic nitrogens is 1. The smallest absolute Gasteiger partial charge is 0.183 e. The number of halogens is 1.